The van der Waals surface area contributed by atoms with Crippen LogP contribution in [0.5, 0.6) is 0 Å². The van der Waals surface area contributed by atoms with E-state index < -0.39 is 0 Å². The van der Waals surface area contributed by atoms with Crippen molar-refractivity contribution < 1.29 is 4.39 Å². The molecule has 0 aliphatic carbocycles. The fourth-order valence-corrected chi connectivity index (χ4v) is 2.80. The van der Waals surface area contributed by atoms with Crippen molar-refractivity contribution in [2.24, 2.45) is 5.73 Å². The molecule has 1 aliphatic heterocycles. The molecule has 1 aliphatic rings. The largest absolute Gasteiger partial charge is 0.329 e. The lowest BCUT2D eigenvalue weighted by Gasteiger charge is -2.34. The third kappa shape index (κ3) is 2.79. The Morgan fingerprint density at radius 2 is 2.00 bits per heavy atom. The minimum absolute atomic E-state index is 0.0935. The van der Waals surface area contributed by atoms with E-state index in [9.17, 15) is 4.39 Å². The zero-order valence-corrected chi connectivity index (χ0v) is 10.6. The van der Waals surface area contributed by atoms with Crippen molar-refractivity contribution in [2.45, 2.75) is 25.3 Å². The van der Waals surface area contributed by atoms with Gasteiger partial charge >= 0.3 is 0 Å². The summed E-state index contributed by atoms with van der Waals surface area (Å²) in [6.07, 6.45) is 3.56. The standard InChI is InChI=1S/C13H18ClFN2/c14-10-5-4-6-11(15)13(10)12(9-16)17-7-2-1-3-8-17/h4-6,12H,1-3,7-9,16H2. The Morgan fingerprint density at radius 3 is 2.59 bits per heavy atom. The van der Waals surface area contributed by atoms with E-state index in [0.29, 0.717) is 17.1 Å². The molecule has 0 saturated carbocycles. The van der Waals surface area contributed by atoms with Crippen LogP contribution in [0.1, 0.15) is 30.9 Å². The lowest BCUT2D eigenvalue weighted by molar-refractivity contribution is 0.164. The summed E-state index contributed by atoms with van der Waals surface area (Å²) in [5.41, 5.74) is 6.36. The second-order valence-corrected chi connectivity index (χ2v) is 4.89. The molecule has 0 bridgehead atoms. The average molecular weight is 257 g/mol. The quantitative estimate of drug-likeness (QED) is 0.901. The van der Waals surface area contributed by atoms with Crippen LogP contribution in [0.15, 0.2) is 18.2 Å². The summed E-state index contributed by atoms with van der Waals surface area (Å²) >= 11 is 6.10. The molecule has 1 saturated heterocycles. The van der Waals surface area contributed by atoms with E-state index in [1.54, 1.807) is 12.1 Å². The highest BCUT2D eigenvalue weighted by Gasteiger charge is 2.25. The number of hydrogen-bond acceptors (Lipinski definition) is 2. The van der Waals surface area contributed by atoms with Crippen molar-refractivity contribution in [3.8, 4) is 0 Å². The van der Waals surface area contributed by atoms with E-state index in [1.165, 1.54) is 12.5 Å². The molecule has 1 fully saturated rings. The summed E-state index contributed by atoms with van der Waals surface area (Å²) in [7, 11) is 0. The number of likely N-dealkylation sites (tertiary alicyclic amines) is 1. The molecule has 1 aromatic carbocycles. The number of benzene rings is 1. The number of nitrogens with zero attached hydrogens (tertiary/aromatic N) is 1. The third-order valence-electron chi connectivity index (χ3n) is 3.39. The Hall–Kier alpha value is -0.640. The van der Waals surface area contributed by atoms with Crippen LogP contribution >= 0.6 is 11.6 Å². The minimum atomic E-state index is -0.251. The molecule has 2 nitrogen and oxygen atoms in total. The predicted octanol–water partition coefficient (Wildman–Crippen LogP) is 2.96. The fraction of sp³-hybridized carbons (Fsp3) is 0.538. The van der Waals surface area contributed by atoms with Crippen LogP contribution in [-0.2, 0) is 0 Å². The minimum Gasteiger partial charge on any atom is -0.329 e. The van der Waals surface area contributed by atoms with Gasteiger partial charge in [0.05, 0.1) is 6.04 Å². The van der Waals surface area contributed by atoms with E-state index >= 15 is 0 Å². The Kier molecular flexibility index (Phi) is 4.37. The Balaban J connectivity index is 2.27. The number of halogens is 2. The zero-order valence-electron chi connectivity index (χ0n) is 9.83. The molecule has 0 aromatic heterocycles. The molecule has 1 unspecified atom stereocenters. The van der Waals surface area contributed by atoms with E-state index in [2.05, 4.69) is 4.90 Å². The monoisotopic (exact) mass is 256 g/mol. The molecule has 0 radical (unpaired) electrons. The summed E-state index contributed by atoms with van der Waals surface area (Å²) in [5.74, 6) is -0.251. The molecule has 0 amide bonds. The third-order valence-corrected chi connectivity index (χ3v) is 3.72. The van der Waals surface area contributed by atoms with Crippen LogP contribution in [0.25, 0.3) is 0 Å². The highest BCUT2D eigenvalue weighted by Crippen LogP contribution is 2.31. The number of rotatable bonds is 3. The van der Waals surface area contributed by atoms with Crippen LogP contribution in [0, 0.1) is 5.82 Å². The fourth-order valence-electron chi connectivity index (χ4n) is 2.51. The molecule has 4 heteroatoms. The SMILES string of the molecule is NCC(c1c(F)cccc1Cl)N1CCCCC1. The van der Waals surface area contributed by atoms with Gasteiger partial charge in [0.2, 0.25) is 0 Å². The van der Waals surface area contributed by atoms with E-state index in [4.69, 9.17) is 17.3 Å². The molecule has 94 valence electrons. The van der Waals surface area contributed by atoms with Crippen molar-refractivity contribution in [2.75, 3.05) is 19.6 Å². The molecule has 1 aromatic rings. The second kappa shape index (κ2) is 5.80. The highest BCUT2D eigenvalue weighted by molar-refractivity contribution is 6.31. The predicted molar refractivity (Wildman–Crippen MR) is 68.6 cm³/mol. The van der Waals surface area contributed by atoms with Gasteiger partial charge < -0.3 is 5.73 Å². The van der Waals surface area contributed by atoms with Crippen molar-refractivity contribution in [1.29, 1.82) is 0 Å². The zero-order chi connectivity index (χ0) is 12.3. The van der Waals surface area contributed by atoms with E-state index in [0.717, 1.165) is 25.9 Å². The molecule has 17 heavy (non-hydrogen) atoms. The van der Waals surface area contributed by atoms with Gasteiger partial charge in [-0.05, 0) is 38.1 Å². The number of hydrogen-bond donors (Lipinski definition) is 1. The van der Waals surface area contributed by atoms with Crippen molar-refractivity contribution in [3.05, 3.63) is 34.6 Å². The van der Waals surface area contributed by atoms with Gasteiger partial charge in [-0.25, -0.2) is 4.39 Å². The van der Waals surface area contributed by atoms with Crippen molar-refractivity contribution in [3.63, 3.8) is 0 Å². The maximum absolute atomic E-state index is 13.9. The molecule has 2 N–H and O–H groups in total. The molecule has 0 spiro atoms. The number of piperidine rings is 1. The summed E-state index contributed by atoms with van der Waals surface area (Å²) < 4.78 is 13.9. The topological polar surface area (TPSA) is 29.3 Å². The summed E-state index contributed by atoms with van der Waals surface area (Å²) in [6, 6.07) is 4.72. The first-order chi connectivity index (χ1) is 8.24. The molecule has 1 atom stereocenters. The van der Waals surface area contributed by atoms with Crippen LogP contribution in [0.2, 0.25) is 5.02 Å². The highest BCUT2D eigenvalue weighted by atomic mass is 35.5. The lowest BCUT2D eigenvalue weighted by atomic mass is 10.0. The van der Waals surface area contributed by atoms with Crippen molar-refractivity contribution in [1.82, 2.24) is 4.90 Å². The first-order valence-electron chi connectivity index (χ1n) is 6.12. The van der Waals surface area contributed by atoms with Gasteiger partial charge in [-0.1, -0.05) is 24.1 Å². The summed E-state index contributed by atoms with van der Waals surface area (Å²) in [4.78, 5) is 2.24. The van der Waals surface area contributed by atoms with E-state index in [1.807, 2.05) is 0 Å². The molecule has 2 rings (SSSR count). The van der Waals surface area contributed by atoms with Gasteiger partial charge in [0, 0.05) is 17.1 Å². The molecule has 1 heterocycles. The summed E-state index contributed by atoms with van der Waals surface area (Å²) in [6.45, 7) is 2.36. The van der Waals surface area contributed by atoms with E-state index in [-0.39, 0.29) is 11.9 Å². The lowest BCUT2D eigenvalue weighted by Crippen LogP contribution is -2.38. The van der Waals surface area contributed by atoms with Crippen molar-refractivity contribution >= 4 is 11.6 Å². The average Bonchev–Trinajstić information content (AvgIpc) is 2.35. The second-order valence-electron chi connectivity index (χ2n) is 4.48. The van der Waals surface area contributed by atoms with Gasteiger partial charge in [-0.2, -0.15) is 0 Å². The first kappa shape index (κ1) is 12.8. The Labute approximate surface area is 107 Å². The van der Waals surface area contributed by atoms with Crippen LogP contribution in [0.4, 0.5) is 4.39 Å². The van der Waals surface area contributed by atoms with Gasteiger partial charge in [-0.3, -0.25) is 4.90 Å². The first-order valence-corrected chi connectivity index (χ1v) is 6.50. The Morgan fingerprint density at radius 1 is 1.29 bits per heavy atom. The Bertz CT molecular complexity index is 357. The molecular weight excluding hydrogens is 239 g/mol. The maximum atomic E-state index is 13.9. The van der Waals surface area contributed by atoms with Gasteiger partial charge in [0.1, 0.15) is 5.82 Å². The van der Waals surface area contributed by atoms with Gasteiger partial charge in [0.25, 0.3) is 0 Å². The van der Waals surface area contributed by atoms with Gasteiger partial charge in [0.15, 0.2) is 0 Å². The summed E-state index contributed by atoms with van der Waals surface area (Å²) in [5, 5.41) is 0.478. The van der Waals surface area contributed by atoms with Crippen LogP contribution in [-0.4, -0.2) is 24.5 Å². The maximum Gasteiger partial charge on any atom is 0.129 e. The van der Waals surface area contributed by atoms with Gasteiger partial charge in [-0.15, -0.1) is 0 Å². The van der Waals surface area contributed by atoms with Crippen LogP contribution < -0.4 is 5.73 Å². The normalized spacial score (nSPS) is 19.2. The number of nitrogens with two attached hydrogens (primary N) is 1. The van der Waals surface area contributed by atoms with Crippen LogP contribution in [0.3, 0.4) is 0 Å². The smallest absolute Gasteiger partial charge is 0.129 e. The molecular formula is C13H18ClFN2.